The van der Waals surface area contributed by atoms with Crippen LogP contribution in [0.15, 0.2) is 103 Å². The highest BCUT2D eigenvalue weighted by Crippen LogP contribution is 2.32. The van der Waals surface area contributed by atoms with Crippen molar-refractivity contribution < 1.29 is 0 Å². The van der Waals surface area contributed by atoms with Crippen LogP contribution in [-0.2, 0) is 0 Å². The topological polar surface area (TPSA) is 0 Å². The molecule has 0 saturated carbocycles. The van der Waals surface area contributed by atoms with Crippen molar-refractivity contribution in [2.24, 2.45) is 0 Å². The molecule has 3 aromatic carbocycles. The van der Waals surface area contributed by atoms with E-state index in [1.165, 1.54) is 41.2 Å². The fraction of sp³-hybridized carbons (Fsp3) is 0.200. The van der Waals surface area contributed by atoms with E-state index in [1.807, 2.05) is 0 Å². The van der Waals surface area contributed by atoms with E-state index in [0.717, 1.165) is 0 Å². The van der Waals surface area contributed by atoms with Crippen LogP contribution in [0, 0.1) is 0 Å². The van der Waals surface area contributed by atoms with Crippen LogP contribution in [-0.4, -0.2) is 8.07 Å². The number of allylic oxidation sites excluding steroid dienone is 2. The molecule has 1 aliphatic carbocycles. The largest absolute Gasteiger partial charge is 0.154 e. The molecule has 0 amide bonds. The van der Waals surface area contributed by atoms with Crippen molar-refractivity contribution in [3.05, 3.63) is 103 Å². The average molecular weight is 355 g/mol. The summed E-state index contributed by atoms with van der Waals surface area (Å²) in [7, 11) is -2.14. The van der Waals surface area contributed by atoms with E-state index in [1.54, 1.807) is 0 Å². The Kier molecular flexibility index (Phi) is 5.17. The second-order valence-corrected chi connectivity index (χ2v) is 11.3. The number of hydrogen-bond acceptors (Lipinski definition) is 0. The van der Waals surface area contributed by atoms with Gasteiger partial charge in [-0.15, -0.1) is 0 Å². The quantitative estimate of drug-likeness (QED) is 0.363. The lowest BCUT2D eigenvalue weighted by molar-refractivity contribution is 0.711. The third-order valence-electron chi connectivity index (χ3n) is 5.75. The maximum absolute atomic E-state index is 2.55. The van der Waals surface area contributed by atoms with Gasteiger partial charge in [0.25, 0.3) is 0 Å². The number of benzene rings is 3. The molecule has 1 aliphatic rings. The van der Waals surface area contributed by atoms with Gasteiger partial charge in [-0.2, -0.15) is 0 Å². The molecule has 0 nitrogen and oxygen atoms in total. The molecular weight excluding hydrogens is 328 g/mol. The Balaban J connectivity index is 2.03. The molecule has 1 atom stereocenters. The van der Waals surface area contributed by atoms with Gasteiger partial charge >= 0.3 is 0 Å². The molecule has 0 aromatic heterocycles. The van der Waals surface area contributed by atoms with E-state index < -0.39 is 8.07 Å². The summed E-state index contributed by atoms with van der Waals surface area (Å²) in [5, 5.41) is 4.57. The highest BCUT2D eigenvalue weighted by molar-refractivity contribution is 7.12. The van der Waals surface area contributed by atoms with Gasteiger partial charge in [0.1, 0.15) is 0 Å². The van der Waals surface area contributed by atoms with E-state index in [0.29, 0.717) is 5.54 Å². The van der Waals surface area contributed by atoms with Crippen molar-refractivity contribution in [3.8, 4) is 0 Å². The molecule has 0 bridgehead atoms. The highest BCUT2D eigenvalue weighted by Gasteiger charge is 2.44. The van der Waals surface area contributed by atoms with E-state index in [2.05, 4.69) is 103 Å². The lowest BCUT2D eigenvalue weighted by Gasteiger charge is -2.39. The SMILES string of the molecule is C1=CC([Si](c2ccccc2)(c2ccccc2)c2ccccc2)CCCC1. The fourth-order valence-corrected chi connectivity index (χ4v) is 10.1. The molecule has 0 fully saturated rings. The minimum Gasteiger partial charge on any atom is -0.0885 e. The second-order valence-electron chi connectivity index (χ2n) is 7.23. The third kappa shape index (κ3) is 3.08. The van der Waals surface area contributed by atoms with Crippen LogP contribution in [0.2, 0.25) is 5.54 Å². The predicted molar refractivity (Wildman–Crippen MR) is 115 cm³/mol. The van der Waals surface area contributed by atoms with Crippen LogP contribution >= 0.6 is 0 Å². The van der Waals surface area contributed by atoms with Gasteiger partial charge in [0.2, 0.25) is 0 Å². The minimum atomic E-state index is -2.14. The zero-order valence-electron chi connectivity index (χ0n) is 15.2. The molecule has 0 N–H and O–H groups in total. The molecular formula is C25H26Si. The van der Waals surface area contributed by atoms with Gasteiger partial charge < -0.3 is 0 Å². The number of hydrogen-bond donors (Lipinski definition) is 0. The van der Waals surface area contributed by atoms with Crippen molar-refractivity contribution in [2.75, 3.05) is 0 Å². The third-order valence-corrected chi connectivity index (χ3v) is 11.1. The summed E-state index contributed by atoms with van der Waals surface area (Å²) in [4.78, 5) is 0. The van der Waals surface area contributed by atoms with Gasteiger partial charge in [-0.25, -0.2) is 0 Å². The van der Waals surface area contributed by atoms with Crippen molar-refractivity contribution in [3.63, 3.8) is 0 Å². The van der Waals surface area contributed by atoms with E-state index >= 15 is 0 Å². The molecule has 0 saturated heterocycles. The first-order valence-electron chi connectivity index (χ1n) is 9.75. The van der Waals surface area contributed by atoms with Crippen LogP contribution in [0.1, 0.15) is 25.7 Å². The standard InChI is InChI=1S/C25H26Si/c1-2-7-15-22(14-6-1)26(23-16-8-3-9-17-23,24-18-10-4-11-19-24)25-20-12-5-13-21-25/h3-6,8-14,16-22H,1-2,7,15H2. The normalized spacial score (nSPS) is 17.6. The van der Waals surface area contributed by atoms with Gasteiger partial charge in [-0.1, -0.05) is 110 Å². The molecule has 1 unspecified atom stereocenters. The first-order chi connectivity index (χ1) is 12.9. The Hall–Kier alpha value is -2.38. The van der Waals surface area contributed by atoms with Crippen molar-refractivity contribution in [2.45, 2.75) is 31.2 Å². The Morgan fingerprint density at radius 3 is 1.50 bits per heavy atom. The molecule has 0 spiro atoms. The smallest absolute Gasteiger partial charge is 0.0885 e. The summed E-state index contributed by atoms with van der Waals surface area (Å²) >= 11 is 0. The summed E-state index contributed by atoms with van der Waals surface area (Å²) in [6, 6.07) is 33.9. The van der Waals surface area contributed by atoms with Gasteiger partial charge in [0.15, 0.2) is 8.07 Å². The summed E-state index contributed by atoms with van der Waals surface area (Å²) in [6.07, 6.45) is 10.1. The zero-order valence-corrected chi connectivity index (χ0v) is 16.2. The fourth-order valence-electron chi connectivity index (χ4n) is 4.59. The summed E-state index contributed by atoms with van der Waals surface area (Å²) in [5.41, 5.74) is 0.595. The minimum absolute atomic E-state index is 0.595. The van der Waals surface area contributed by atoms with Gasteiger partial charge in [-0.3, -0.25) is 0 Å². The summed E-state index contributed by atoms with van der Waals surface area (Å²) in [5.74, 6) is 0. The number of rotatable bonds is 4. The van der Waals surface area contributed by atoms with Crippen LogP contribution in [0.4, 0.5) is 0 Å². The Morgan fingerprint density at radius 2 is 1.04 bits per heavy atom. The monoisotopic (exact) mass is 354 g/mol. The molecule has 0 heterocycles. The molecule has 4 rings (SSSR count). The van der Waals surface area contributed by atoms with Crippen molar-refractivity contribution >= 4 is 23.6 Å². The molecule has 3 aromatic rings. The maximum Gasteiger partial charge on any atom is 0.154 e. The highest BCUT2D eigenvalue weighted by atomic mass is 28.3. The first kappa shape index (κ1) is 17.1. The van der Waals surface area contributed by atoms with Crippen LogP contribution in [0.5, 0.6) is 0 Å². The Labute approximate surface area is 158 Å². The van der Waals surface area contributed by atoms with Crippen molar-refractivity contribution in [1.29, 1.82) is 0 Å². The van der Waals surface area contributed by atoms with E-state index in [4.69, 9.17) is 0 Å². The van der Waals surface area contributed by atoms with Crippen LogP contribution in [0.25, 0.3) is 0 Å². The molecule has 26 heavy (non-hydrogen) atoms. The second kappa shape index (κ2) is 7.88. The zero-order chi connectivity index (χ0) is 17.7. The lowest BCUT2D eigenvalue weighted by Crippen LogP contribution is -2.69. The predicted octanol–water partition coefficient (Wildman–Crippen LogP) is 4.66. The van der Waals surface area contributed by atoms with Crippen molar-refractivity contribution in [1.82, 2.24) is 0 Å². The van der Waals surface area contributed by atoms with Crippen LogP contribution < -0.4 is 15.6 Å². The molecule has 1 heteroatoms. The van der Waals surface area contributed by atoms with Gasteiger partial charge in [0, 0.05) is 0 Å². The summed E-state index contributed by atoms with van der Waals surface area (Å²) in [6.45, 7) is 0. The van der Waals surface area contributed by atoms with Gasteiger partial charge in [-0.05, 0) is 40.4 Å². The first-order valence-corrected chi connectivity index (χ1v) is 11.8. The Bertz CT molecular complexity index is 740. The van der Waals surface area contributed by atoms with Gasteiger partial charge in [0.05, 0.1) is 0 Å². The lowest BCUT2D eigenvalue weighted by atomic mass is 10.2. The van der Waals surface area contributed by atoms with E-state index in [-0.39, 0.29) is 0 Å². The van der Waals surface area contributed by atoms with E-state index in [9.17, 15) is 0 Å². The molecule has 0 radical (unpaired) electrons. The Morgan fingerprint density at radius 1 is 0.577 bits per heavy atom. The summed E-state index contributed by atoms with van der Waals surface area (Å²) < 4.78 is 0. The molecule has 130 valence electrons. The average Bonchev–Trinajstić information content (AvgIpc) is 3.01. The molecule has 0 aliphatic heterocycles. The maximum atomic E-state index is 2.55. The van der Waals surface area contributed by atoms with Crippen LogP contribution in [0.3, 0.4) is 0 Å².